The molecule has 1 saturated heterocycles. The topological polar surface area (TPSA) is 98.0 Å². The Morgan fingerprint density at radius 2 is 1.89 bits per heavy atom. The molecule has 1 aliphatic heterocycles. The molecule has 1 amide bonds. The van der Waals surface area contributed by atoms with Crippen LogP contribution in [0.5, 0.6) is 0 Å². The lowest BCUT2D eigenvalue weighted by atomic mass is 9.98. The van der Waals surface area contributed by atoms with E-state index in [1.165, 1.54) is 27.8 Å². The Balaban J connectivity index is 1.54. The average Bonchev–Trinajstić information content (AvgIpc) is 3.20. The van der Waals surface area contributed by atoms with Crippen LogP contribution in [0.25, 0.3) is 10.2 Å². The Bertz CT molecular complexity index is 1470. The zero-order valence-corrected chi connectivity index (χ0v) is 21.4. The van der Waals surface area contributed by atoms with E-state index in [1.54, 1.807) is 31.2 Å². The normalized spacial score (nSPS) is 15.8. The first kappa shape index (κ1) is 25.9. The van der Waals surface area contributed by atoms with E-state index in [9.17, 15) is 22.4 Å². The smallest absolute Gasteiger partial charge is 0.338 e. The van der Waals surface area contributed by atoms with E-state index in [1.807, 2.05) is 4.57 Å². The highest BCUT2D eigenvalue weighted by molar-refractivity contribution is 7.89. The molecule has 0 N–H and O–H groups in total. The minimum Gasteiger partial charge on any atom is -0.462 e. The van der Waals surface area contributed by atoms with Gasteiger partial charge in [0.25, 0.3) is 5.91 Å². The molecule has 1 aliphatic rings. The Morgan fingerprint density at radius 3 is 2.53 bits per heavy atom. The Labute approximate surface area is 212 Å². The van der Waals surface area contributed by atoms with Gasteiger partial charge in [0.05, 0.1) is 27.3 Å². The highest BCUT2D eigenvalue weighted by Gasteiger charge is 2.32. The molecule has 0 atom stereocenters. The molecule has 0 spiro atoms. The quantitative estimate of drug-likeness (QED) is 0.342. The van der Waals surface area contributed by atoms with Crippen molar-refractivity contribution in [3.05, 3.63) is 71.3 Å². The Kier molecular flexibility index (Phi) is 7.82. The lowest BCUT2D eigenvalue weighted by Gasteiger charge is -2.29. The molecule has 190 valence electrons. The number of nitrogens with zero attached hydrogens (tertiary/aromatic N) is 3. The van der Waals surface area contributed by atoms with Crippen molar-refractivity contribution in [2.75, 3.05) is 19.7 Å². The molecule has 4 rings (SSSR count). The summed E-state index contributed by atoms with van der Waals surface area (Å²) in [5.41, 5.74) is 1.24. The summed E-state index contributed by atoms with van der Waals surface area (Å²) in [5.74, 6) is -1.65. The van der Waals surface area contributed by atoms with Gasteiger partial charge in [-0.05, 0) is 62.2 Å². The fraction of sp³-hybridized carbons (Fsp3) is 0.320. The molecule has 3 aromatic rings. The van der Waals surface area contributed by atoms with Crippen LogP contribution >= 0.6 is 11.3 Å². The van der Waals surface area contributed by atoms with Crippen molar-refractivity contribution in [3.8, 4) is 0 Å². The fourth-order valence-electron chi connectivity index (χ4n) is 4.09. The van der Waals surface area contributed by atoms with Crippen molar-refractivity contribution in [1.29, 1.82) is 0 Å². The van der Waals surface area contributed by atoms with E-state index < -0.39 is 27.7 Å². The number of fused-ring (bicyclic) bond motifs is 1. The molecular formula is C25H26FN3O5S2. The van der Waals surface area contributed by atoms with Gasteiger partial charge < -0.3 is 9.30 Å². The third kappa shape index (κ3) is 5.32. The predicted octanol–water partition coefficient (Wildman–Crippen LogP) is 3.73. The summed E-state index contributed by atoms with van der Waals surface area (Å²) in [4.78, 5) is 30.0. The average molecular weight is 532 g/mol. The summed E-state index contributed by atoms with van der Waals surface area (Å²) in [6, 6.07) is 9.90. The van der Waals surface area contributed by atoms with Crippen molar-refractivity contribution in [3.63, 3.8) is 0 Å². The second-order valence-corrected chi connectivity index (χ2v) is 11.2. The van der Waals surface area contributed by atoms with E-state index in [2.05, 4.69) is 11.6 Å². The van der Waals surface area contributed by atoms with Crippen LogP contribution in [0.1, 0.15) is 30.1 Å². The van der Waals surface area contributed by atoms with Crippen LogP contribution < -0.4 is 4.80 Å². The summed E-state index contributed by atoms with van der Waals surface area (Å²) in [5, 5.41) is 0. The van der Waals surface area contributed by atoms with E-state index in [-0.39, 0.29) is 30.5 Å². The van der Waals surface area contributed by atoms with Crippen molar-refractivity contribution in [1.82, 2.24) is 8.87 Å². The highest BCUT2D eigenvalue weighted by Crippen LogP contribution is 2.25. The molecule has 0 saturated carbocycles. The third-order valence-corrected chi connectivity index (χ3v) is 8.92. The molecule has 8 nitrogen and oxygen atoms in total. The Hall–Kier alpha value is -3.15. The number of amides is 1. The monoisotopic (exact) mass is 531 g/mol. The molecule has 0 unspecified atom stereocenters. The van der Waals surface area contributed by atoms with Crippen LogP contribution in [0.3, 0.4) is 0 Å². The van der Waals surface area contributed by atoms with Gasteiger partial charge in [0, 0.05) is 25.6 Å². The molecule has 2 heterocycles. The fourth-order valence-corrected chi connectivity index (χ4v) is 6.64. The van der Waals surface area contributed by atoms with Gasteiger partial charge in [0.2, 0.25) is 10.0 Å². The number of benzene rings is 2. The maximum Gasteiger partial charge on any atom is 0.338 e. The largest absolute Gasteiger partial charge is 0.462 e. The van der Waals surface area contributed by atoms with Gasteiger partial charge in [0.15, 0.2) is 4.80 Å². The van der Waals surface area contributed by atoms with Crippen LogP contribution in [-0.4, -0.2) is 48.9 Å². The van der Waals surface area contributed by atoms with Gasteiger partial charge >= 0.3 is 5.97 Å². The number of thiazole rings is 1. The number of hydrogen-bond acceptors (Lipinski definition) is 6. The summed E-state index contributed by atoms with van der Waals surface area (Å²) < 4.78 is 47.9. The Morgan fingerprint density at radius 1 is 1.19 bits per heavy atom. The highest BCUT2D eigenvalue weighted by atomic mass is 32.2. The summed E-state index contributed by atoms with van der Waals surface area (Å²) in [6.07, 6.45) is 2.37. The first-order chi connectivity index (χ1) is 17.2. The standard InChI is InChI=1S/C25H26FN3O5S2/c1-3-13-29-21-10-5-18(24(31)34-4-2)16-22(21)35-25(29)27-23(30)17-11-14-28(15-12-17)36(32,33)20-8-6-19(26)7-9-20/h3,5-10,16-17H,1,4,11-15H2,2H3. The summed E-state index contributed by atoms with van der Waals surface area (Å²) in [6.45, 7) is 6.58. The summed E-state index contributed by atoms with van der Waals surface area (Å²) in [7, 11) is -3.76. The van der Waals surface area contributed by atoms with Crippen molar-refractivity contribution in [2.24, 2.45) is 10.9 Å². The maximum atomic E-state index is 13.2. The molecule has 1 aromatic heterocycles. The van der Waals surface area contributed by atoms with E-state index in [4.69, 9.17) is 4.74 Å². The van der Waals surface area contributed by atoms with Crippen LogP contribution in [0.15, 0.2) is 65.0 Å². The molecular weight excluding hydrogens is 505 g/mol. The molecule has 2 aromatic carbocycles. The lowest BCUT2D eigenvalue weighted by Crippen LogP contribution is -2.40. The number of hydrogen-bond donors (Lipinski definition) is 0. The molecule has 0 aliphatic carbocycles. The number of carbonyl (C=O) groups excluding carboxylic acids is 2. The number of allylic oxidation sites excluding steroid dienone is 1. The number of ether oxygens (including phenoxy) is 1. The molecule has 36 heavy (non-hydrogen) atoms. The second-order valence-electron chi connectivity index (χ2n) is 8.27. The van der Waals surface area contributed by atoms with Crippen LogP contribution in [0.2, 0.25) is 0 Å². The zero-order chi connectivity index (χ0) is 25.9. The summed E-state index contributed by atoms with van der Waals surface area (Å²) >= 11 is 1.29. The van der Waals surface area contributed by atoms with Crippen LogP contribution in [-0.2, 0) is 26.1 Å². The van der Waals surface area contributed by atoms with E-state index in [0.717, 1.165) is 22.3 Å². The zero-order valence-electron chi connectivity index (χ0n) is 19.7. The molecule has 1 fully saturated rings. The molecule has 11 heteroatoms. The SMILES string of the molecule is C=CCn1c(=NC(=O)C2CCN(S(=O)(=O)c3ccc(F)cc3)CC2)sc2cc(C(=O)OCC)ccc21. The number of carbonyl (C=O) groups is 2. The van der Waals surface area contributed by atoms with Gasteiger partial charge in [-0.15, -0.1) is 6.58 Å². The maximum absolute atomic E-state index is 13.2. The molecule has 0 radical (unpaired) electrons. The van der Waals surface area contributed by atoms with Gasteiger partial charge in [-0.2, -0.15) is 9.30 Å². The van der Waals surface area contributed by atoms with Crippen LogP contribution in [0, 0.1) is 11.7 Å². The first-order valence-corrected chi connectivity index (χ1v) is 13.8. The van der Waals surface area contributed by atoms with Gasteiger partial charge in [-0.1, -0.05) is 17.4 Å². The third-order valence-electron chi connectivity index (χ3n) is 5.97. The number of halogens is 1. The lowest BCUT2D eigenvalue weighted by molar-refractivity contribution is -0.122. The van der Waals surface area contributed by atoms with Gasteiger partial charge in [-0.3, -0.25) is 4.79 Å². The van der Waals surface area contributed by atoms with Gasteiger partial charge in [0.1, 0.15) is 5.82 Å². The van der Waals surface area contributed by atoms with Crippen molar-refractivity contribution >= 4 is 43.5 Å². The van der Waals surface area contributed by atoms with Crippen molar-refractivity contribution < 1.29 is 27.1 Å². The minimum atomic E-state index is -3.76. The van der Waals surface area contributed by atoms with Crippen molar-refractivity contribution in [2.45, 2.75) is 31.2 Å². The predicted molar refractivity (Wildman–Crippen MR) is 134 cm³/mol. The number of sulfonamides is 1. The van der Waals surface area contributed by atoms with Crippen LogP contribution in [0.4, 0.5) is 4.39 Å². The number of aromatic nitrogens is 1. The van der Waals surface area contributed by atoms with E-state index >= 15 is 0 Å². The first-order valence-electron chi connectivity index (χ1n) is 11.5. The number of esters is 1. The molecule has 0 bridgehead atoms. The minimum absolute atomic E-state index is 0.0243. The number of piperidine rings is 1. The second kappa shape index (κ2) is 10.9. The van der Waals surface area contributed by atoms with Gasteiger partial charge in [-0.25, -0.2) is 17.6 Å². The number of rotatable bonds is 7. The van der Waals surface area contributed by atoms with E-state index in [0.29, 0.717) is 29.8 Å².